The summed E-state index contributed by atoms with van der Waals surface area (Å²) in [5, 5.41) is 20.0. The van der Waals surface area contributed by atoms with Gasteiger partial charge in [-0.25, -0.2) is 0 Å². The minimum absolute atomic E-state index is 0.0539. The minimum Gasteiger partial charge on any atom is -0.507 e. The lowest BCUT2D eigenvalue weighted by molar-refractivity contribution is 0.0973. The van der Waals surface area contributed by atoms with Gasteiger partial charge in [0.2, 0.25) is 0 Å². The number of aromatic hydroxyl groups is 2. The van der Waals surface area contributed by atoms with Crippen molar-refractivity contribution in [3.05, 3.63) is 52.6 Å². The fraction of sp³-hybridized carbons (Fsp3) is 0.0667. The van der Waals surface area contributed by atoms with Gasteiger partial charge in [-0.2, -0.15) is 0 Å². The first kappa shape index (κ1) is 12.2. The summed E-state index contributed by atoms with van der Waals surface area (Å²) < 4.78 is 4.89. The molecular weight excluding hydrogens is 260 g/mol. The molecule has 0 fully saturated rings. The second kappa shape index (κ2) is 4.09. The molecule has 0 aromatic heterocycles. The third-order valence-electron chi connectivity index (χ3n) is 3.33. The molecule has 0 bridgehead atoms. The lowest BCUT2D eigenvalue weighted by Crippen LogP contribution is -2.21. The van der Waals surface area contributed by atoms with Crippen LogP contribution in [0.2, 0.25) is 0 Å². The SMILES string of the molecule is COc1cc(O)c2c(c1O)C(=O)c1ccccc1C2=O. The van der Waals surface area contributed by atoms with Crippen molar-refractivity contribution in [2.45, 2.75) is 0 Å². The lowest BCUT2D eigenvalue weighted by atomic mass is 9.83. The van der Waals surface area contributed by atoms with E-state index in [1.807, 2.05) is 0 Å². The predicted molar refractivity (Wildman–Crippen MR) is 69.6 cm³/mol. The summed E-state index contributed by atoms with van der Waals surface area (Å²) in [5.74, 6) is -1.88. The number of methoxy groups -OCH3 is 1. The van der Waals surface area contributed by atoms with Gasteiger partial charge in [-0.1, -0.05) is 24.3 Å². The molecule has 3 rings (SSSR count). The number of hydrogen-bond acceptors (Lipinski definition) is 5. The van der Waals surface area contributed by atoms with E-state index in [1.54, 1.807) is 12.1 Å². The Bertz CT molecular complexity index is 761. The first-order chi connectivity index (χ1) is 9.56. The first-order valence-electron chi connectivity index (χ1n) is 5.87. The van der Waals surface area contributed by atoms with E-state index in [-0.39, 0.29) is 33.8 Å². The maximum absolute atomic E-state index is 12.4. The van der Waals surface area contributed by atoms with Crippen LogP contribution in [0.25, 0.3) is 0 Å². The molecule has 1 aliphatic carbocycles. The molecule has 100 valence electrons. The van der Waals surface area contributed by atoms with Crippen LogP contribution in [0.3, 0.4) is 0 Å². The summed E-state index contributed by atoms with van der Waals surface area (Å²) >= 11 is 0. The monoisotopic (exact) mass is 270 g/mol. The number of ether oxygens (including phenoxy) is 1. The zero-order valence-corrected chi connectivity index (χ0v) is 10.5. The molecule has 0 heterocycles. The second-order valence-electron chi connectivity index (χ2n) is 4.40. The smallest absolute Gasteiger partial charge is 0.198 e. The van der Waals surface area contributed by atoms with Gasteiger partial charge in [0.15, 0.2) is 23.1 Å². The number of carbonyl (C=O) groups excluding carboxylic acids is 2. The molecule has 0 amide bonds. The Labute approximate surface area is 114 Å². The maximum Gasteiger partial charge on any atom is 0.198 e. The number of phenolic OH excluding ortho intramolecular Hbond substituents is 2. The molecule has 2 N–H and O–H groups in total. The Morgan fingerprint density at radius 1 is 0.950 bits per heavy atom. The molecule has 0 atom stereocenters. The Kier molecular flexibility index (Phi) is 2.50. The predicted octanol–water partition coefficient (Wildman–Crippen LogP) is 1.88. The summed E-state index contributed by atoms with van der Waals surface area (Å²) in [6.07, 6.45) is 0. The molecular formula is C15H10O5. The van der Waals surface area contributed by atoms with Crippen molar-refractivity contribution >= 4 is 11.6 Å². The highest BCUT2D eigenvalue weighted by Gasteiger charge is 2.35. The van der Waals surface area contributed by atoms with Crippen LogP contribution in [0.5, 0.6) is 17.2 Å². The highest BCUT2D eigenvalue weighted by molar-refractivity contribution is 6.30. The maximum atomic E-state index is 12.4. The lowest BCUT2D eigenvalue weighted by Gasteiger charge is -2.20. The van der Waals surface area contributed by atoms with Crippen LogP contribution >= 0.6 is 0 Å². The van der Waals surface area contributed by atoms with Crippen LogP contribution in [-0.4, -0.2) is 28.9 Å². The number of benzene rings is 2. The molecule has 0 unspecified atom stereocenters. The van der Waals surface area contributed by atoms with Gasteiger partial charge in [-0.15, -0.1) is 0 Å². The normalized spacial score (nSPS) is 12.8. The van der Waals surface area contributed by atoms with Gasteiger partial charge in [0.05, 0.1) is 18.2 Å². The minimum atomic E-state index is -0.512. The average molecular weight is 270 g/mol. The molecule has 1 aliphatic rings. The van der Waals surface area contributed by atoms with Crippen LogP contribution in [0, 0.1) is 0 Å². The number of ketones is 2. The van der Waals surface area contributed by atoms with Gasteiger partial charge in [0.1, 0.15) is 5.75 Å². The van der Waals surface area contributed by atoms with Gasteiger partial charge < -0.3 is 14.9 Å². The van der Waals surface area contributed by atoms with Gasteiger partial charge in [-0.05, 0) is 0 Å². The van der Waals surface area contributed by atoms with Crippen molar-refractivity contribution in [1.29, 1.82) is 0 Å². The van der Waals surface area contributed by atoms with Crippen LogP contribution in [0.4, 0.5) is 0 Å². The van der Waals surface area contributed by atoms with E-state index in [0.29, 0.717) is 0 Å². The second-order valence-corrected chi connectivity index (χ2v) is 4.40. The van der Waals surface area contributed by atoms with E-state index < -0.39 is 17.3 Å². The van der Waals surface area contributed by atoms with E-state index in [2.05, 4.69) is 0 Å². The van der Waals surface area contributed by atoms with Crippen LogP contribution in [-0.2, 0) is 0 Å². The molecule has 2 aromatic rings. The zero-order chi connectivity index (χ0) is 14.4. The Balaban J connectivity index is 2.39. The Morgan fingerprint density at radius 3 is 2.05 bits per heavy atom. The highest BCUT2D eigenvalue weighted by atomic mass is 16.5. The standard InChI is InChI=1S/C15H10O5/c1-20-10-6-9(16)11-12(15(10)19)14(18)8-5-3-2-4-7(8)13(11)17/h2-6,16,19H,1H3. The highest BCUT2D eigenvalue weighted by Crippen LogP contribution is 2.43. The fourth-order valence-electron chi connectivity index (χ4n) is 2.39. The van der Waals surface area contributed by atoms with Crippen LogP contribution in [0.15, 0.2) is 30.3 Å². The summed E-state index contributed by atoms with van der Waals surface area (Å²) in [4.78, 5) is 24.8. The van der Waals surface area contributed by atoms with E-state index >= 15 is 0 Å². The number of hydrogen-bond donors (Lipinski definition) is 2. The van der Waals surface area contributed by atoms with Crippen LogP contribution < -0.4 is 4.74 Å². The van der Waals surface area contributed by atoms with E-state index in [9.17, 15) is 19.8 Å². The third-order valence-corrected chi connectivity index (χ3v) is 3.33. The number of carbonyl (C=O) groups is 2. The van der Waals surface area contributed by atoms with Gasteiger partial charge in [0, 0.05) is 17.2 Å². The molecule has 0 aliphatic heterocycles. The molecule has 0 saturated carbocycles. The molecule has 0 saturated heterocycles. The topological polar surface area (TPSA) is 83.8 Å². The Hall–Kier alpha value is -2.82. The number of rotatable bonds is 1. The fourth-order valence-corrected chi connectivity index (χ4v) is 2.39. The number of phenols is 2. The molecule has 2 aromatic carbocycles. The number of fused-ring (bicyclic) bond motifs is 2. The molecule has 0 radical (unpaired) electrons. The summed E-state index contributed by atoms with van der Waals surface area (Å²) in [7, 11) is 1.30. The van der Waals surface area contributed by atoms with Crippen molar-refractivity contribution in [1.82, 2.24) is 0 Å². The molecule has 20 heavy (non-hydrogen) atoms. The first-order valence-corrected chi connectivity index (χ1v) is 5.87. The van der Waals surface area contributed by atoms with E-state index in [1.165, 1.54) is 19.2 Å². The van der Waals surface area contributed by atoms with Crippen LogP contribution in [0.1, 0.15) is 31.8 Å². The summed E-state index contributed by atoms with van der Waals surface area (Å²) in [6.45, 7) is 0. The third kappa shape index (κ3) is 1.43. The quantitative estimate of drug-likeness (QED) is 0.659. The van der Waals surface area contributed by atoms with Gasteiger partial charge in [0.25, 0.3) is 0 Å². The van der Waals surface area contributed by atoms with Crippen molar-refractivity contribution in [3.8, 4) is 17.2 Å². The molecule has 5 heteroatoms. The van der Waals surface area contributed by atoms with Crippen molar-refractivity contribution in [2.75, 3.05) is 7.11 Å². The van der Waals surface area contributed by atoms with Gasteiger partial charge >= 0.3 is 0 Å². The van der Waals surface area contributed by atoms with Crippen molar-refractivity contribution < 1.29 is 24.5 Å². The summed E-state index contributed by atoms with van der Waals surface area (Å²) in [5.41, 5.74) is 0.00960. The zero-order valence-electron chi connectivity index (χ0n) is 10.5. The van der Waals surface area contributed by atoms with Crippen molar-refractivity contribution in [3.63, 3.8) is 0 Å². The average Bonchev–Trinajstić information content (AvgIpc) is 2.46. The van der Waals surface area contributed by atoms with E-state index in [4.69, 9.17) is 4.74 Å². The van der Waals surface area contributed by atoms with E-state index in [0.717, 1.165) is 6.07 Å². The largest absolute Gasteiger partial charge is 0.507 e. The molecule has 5 nitrogen and oxygen atoms in total. The Morgan fingerprint density at radius 2 is 1.50 bits per heavy atom. The summed E-state index contributed by atoms with van der Waals surface area (Å²) in [6, 6.07) is 7.41. The molecule has 0 spiro atoms. The van der Waals surface area contributed by atoms with Crippen molar-refractivity contribution in [2.24, 2.45) is 0 Å². The van der Waals surface area contributed by atoms with Gasteiger partial charge in [-0.3, -0.25) is 9.59 Å².